The minimum atomic E-state index is -0.197. The van der Waals surface area contributed by atoms with Crippen molar-refractivity contribution in [3.63, 3.8) is 0 Å². The lowest BCUT2D eigenvalue weighted by atomic mass is 10.0. The van der Waals surface area contributed by atoms with Crippen LogP contribution in [-0.4, -0.2) is 16.8 Å². The van der Waals surface area contributed by atoms with Crippen molar-refractivity contribution in [2.45, 2.75) is 6.92 Å². The van der Waals surface area contributed by atoms with Crippen LogP contribution < -0.4 is 10.6 Å². The van der Waals surface area contributed by atoms with Crippen LogP contribution in [-0.2, 0) is 4.79 Å². The lowest BCUT2D eigenvalue weighted by molar-refractivity contribution is -0.110. The number of carbonyl (C=O) groups is 1. The first-order valence-corrected chi connectivity index (χ1v) is 6.94. The van der Waals surface area contributed by atoms with Crippen LogP contribution in [0.1, 0.15) is 16.7 Å². The summed E-state index contributed by atoms with van der Waals surface area (Å²) < 4.78 is 0. The van der Waals surface area contributed by atoms with Crippen molar-refractivity contribution >= 4 is 28.6 Å². The van der Waals surface area contributed by atoms with Gasteiger partial charge in [0.1, 0.15) is 5.71 Å². The lowest BCUT2D eigenvalue weighted by Crippen LogP contribution is -2.12. The number of nitrogens with one attached hydrogen (secondary N) is 2. The normalized spacial score (nSPS) is 20.6. The number of oxime groups is 1. The molecule has 0 aromatic heterocycles. The summed E-state index contributed by atoms with van der Waals surface area (Å²) in [6.45, 7) is 1.97. The molecule has 22 heavy (non-hydrogen) atoms. The first-order valence-electron chi connectivity index (χ1n) is 6.94. The quantitative estimate of drug-likeness (QED) is 0.397. The molecule has 5 nitrogen and oxygen atoms in total. The maximum Gasteiger partial charge on any atom is 0.258 e. The number of hydrogen-bond acceptors (Lipinski definition) is 4. The molecule has 3 N–H and O–H groups in total. The van der Waals surface area contributed by atoms with Crippen LogP contribution in [0.25, 0.3) is 5.57 Å². The van der Waals surface area contributed by atoms with Gasteiger partial charge in [0.2, 0.25) is 0 Å². The summed E-state index contributed by atoms with van der Waals surface area (Å²) in [4.78, 5) is 12.4. The van der Waals surface area contributed by atoms with Gasteiger partial charge in [0, 0.05) is 22.5 Å². The zero-order chi connectivity index (χ0) is 15.3. The number of nitrogens with zero attached hydrogens (tertiary/aromatic N) is 1. The monoisotopic (exact) mass is 291 g/mol. The Balaban J connectivity index is 1.96. The van der Waals surface area contributed by atoms with Crippen molar-refractivity contribution in [3.05, 3.63) is 64.9 Å². The molecule has 5 heteroatoms. The van der Waals surface area contributed by atoms with Gasteiger partial charge in [0.05, 0.1) is 11.3 Å². The summed E-state index contributed by atoms with van der Waals surface area (Å²) in [7, 11) is 0. The third-order valence-corrected chi connectivity index (χ3v) is 3.95. The fourth-order valence-corrected chi connectivity index (χ4v) is 2.95. The molecule has 4 rings (SSSR count). The number of fused-ring (bicyclic) bond motifs is 2. The topological polar surface area (TPSA) is 73.7 Å². The minimum absolute atomic E-state index is 0.197. The second-order valence-corrected chi connectivity index (χ2v) is 5.37. The molecule has 2 aliphatic heterocycles. The van der Waals surface area contributed by atoms with Gasteiger partial charge < -0.3 is 15.8 Å². The average molecular weight is 291 g/mol. The van der Waals surface area contributed by atoms with Crippen LogP contribution in [0.2, 0.25) is 0 Å². The lowest BCUT2D eigenvalue weighted by Gasteiger charge is -2.05. The molecule has 0 radical (unpaired) electrons. The van der Waals surface area contributed by atoms with E-state index in [9.17, 15) is 10.0 Å². The maximum absolute atomic E-state index is 12.4. The van der Waals surface area contributed by atoms with Gasteiger partial charge >= 0.3 is 0 Å². The summed E-state index contributed by atoms with van der Waals surface area (Å²) in [5.41, 5.74) is 5.68. The number of rotatable bonds is 0. The van der Waals surface area contributed by atoms with E-state index in [-0.39, 0.29) is 5.91 Å². The number of hydrogen-bond donors (Lipinski definition) is 3. The number of aryl methyl sites for hydroxylation is 1. The molecule has 108 valence electrons. The Kier molecular flexibility index (Phi) is 2.56. The second kappa shape index (κ2) is 4.46. The fraction of sp³-hybridized carbons (Fsp3) is 0.0588. The number of benzene rings is 2. The predicted octanol–water partition coefficient (Wildman–Crippen LogP) is 2.96. The zero-order valence-corrected chi connectivity index (χ0v) is 11.8. The van der Waals surface area contributed by atoms with E-state index in [1.807, 2.05) is 49.4 Å². The van der Waals surface area contributed by atoms with E-state index in [2.05, 4.69) is 15.8 Å². The van der Waals surface area contributed by atoms with Gasteiger partial charge in [0.15, 0.2) is 0 Å². The fourth-order valence-electron chi connectivity index (χ4n) is 2.95. The average Bonchev–Trinajstić information content (AvgIpc) is 3.02. The van der Waals surface area contributed by atoms with Gasteiger partial charge in [-0.05, 0) is 24.6 Å². The summed E-state index contributed by atoms with van der Waals surface area (Å²) in [6.07, 6.45) is 0. The van der Waals surface area contributed by atoms with Gasteiger partial charge in [-0.2, -0.15) is 0 Å². The van der Waals surface area contributed by atoms with E-state index in [4.69, 9.17) is 0 Å². The molecule has 2 aliphatic rings. The van der Waals surface area contributed by atoms with Crippen molar-refractivity contribution in [1.29, 1.82) is 0 Å². The van der Waals surface area contributed by atoms with E-state index in [0.29, 0.717) is 17.0 Å². The second-order valence-electron chi connectivity index (χ2n) is 5.37. The Labute approximate surface area is 127 Å². The predicted molar refractivity (Wildman–Crippen MR) is 85.1 cm³/mol. The van der Waals surface area contributed by atoms with Crippen LogP contribution >= 0.6 is 0 Å². The van der Waals surface area contributed by atoms with Gasteiger partial charge in [-0.15, -0.1) is 0 Å². The van der Waals surface area contributed by atoms with E-state index in [1.165, 1.54) is 0 Å². The van der Waals surface area contributed by atoms with E-state index in [0.717, 1.165) is 28.1 Å². The Morgan fingerprint density at radius 2 is 1.82 bits per heavy atom. The summed E-state index contributed by atoms with van der Waals surface area (Å²) in [5.74, 6) is -0.197. The van der Waals surface area contributed by atoms with Crippen molar-refractivity contribution in [3.8, 4) is 0 Å². The van der Waals surface area contributed by atoms with Crippen LogP contribution in [0, 0.1) is 6.92 Å². The van der Waals surface area contributed by atoms with E-state index < -0.39 is 0 Å². The molecule has 0 saturated carbocycles. The minimum Gasteiger partial charge on any atom is -0.410 e. The SMILES string of the molecule is Cc1ccc2c(c1)NC(=O)/C2=C1\Nc2ccccc2\C1=N/O. The highest BCUT2D eigenvalue weighted by Gasteiger charge is 2.33. The molecule has 2 heterocycles. The summed E-state index contributed by atoms with van der Waals surface area (Å²) in [6, 6.07) is 13.3. The molecule has 0 unspecified atom stereocenters. The van der Waals surface area contributed by atoms with E-state index >= 15 is 0 Å². The highest BCUT2D eigenvalue weighted by molar-refractivity contribution is 6.39. The van der Waals surface area contributed by atoms with Crippen molar-refractivity contribution in [1.82, 2.24) is 0 Å². The number of amides is 1. The smallest absolute Gasteiger partial charge is 0.258 e. The molecule has 0 saturated heterocycles. The van der Waals surface area contributed by atoms with Crippen LogP contribution in [0.15, 0.2) is 53.3 Å². The molecule has 2 aromatic rings. The Morgan fingerprint density at radius 1 is 1.00 bits per heavy atom. The highest BCUT2D eigenvalue weighted by atomic mass is 16.4. The Bertz CT molecular complexity index is 881. The van der Waals surface area contributed by atoms with Crippen molar-refractivity contribution in [2.75, 3.05) is 10.6 Å². The molecular formula is C17H13N3O2. The number of allylic oxidation sites excluding steroid dienone is 1. The third-order valence-electron chi connectivity index (χ3n) is 3.95. The van der Waals surface area contributed by atoms with Crippen molar-refractivity contribution < 1.29 is 10.0 Å². The zero-order valence-electron chi connectivity index (χ0n) is 11.8. The number of carbonyl (C=O) groups excluding carboxylic acids is 1. The van der Waals surface area contributed by atoms with Gasteiger partial charge in [-0.1, -0.05) is 35.5 Å². The van der Waals surface area contributed by atoms with Gasteiger partial charge in [-0.3, -0.25) is 4.79 Å². The Morgan fingerprint density at radius 3 is 2.64 bits per heavy atom. The highest BCUT2D eigenvalue weighted by Crippen LogP contribution is 2.39. The molecule has 1 amide bonds. The Hall–Kier alpha value is -3.08. The van der Waals surface area contributed by atoms with Crippen molar-refractivity contribution in [2.24, 2.45) is 5.16 Å². The number of para-hydroxylation sites is 1. The molecule has 2 aromatic carbocycles. The third kappa shape index (κ3) is 1.65. The first-order chi connectivity index (χ1) is 10.7. The first kappa shape index (κ1) is 12.6. The van der Waals surface area contributed by atoms with Gasteiger partial charge in [0.25, 0.3) is 5.91 Å². The van der Waals surface area contributed by atoms with Crippen LogP contribution in [0.4, 0.5) is 11.4 Å². The molecule has 0 fully saturated rings. The van der Waals surface area contributed by atoms with E-state index in [1.54, 1.807) is 0 Å². The molecule has 0 bridgehead atoms. The van der Waals surface area contributed by atoms with Crippen LogP contribution in [0.5, 0.6) is 0 Å². The summed E-state index contributed by atoms with van der Waals surface area (Å²) in [5, 5.41) is 18.9. The maximum atomic E-state index is 12.4. The van der Waals surface area contributed by atoms with Gasteiger partial charge in [-0.25, -0.2) is 0 Å². The largest absolute Gasteiger partial charge is 0.410 e. The molecule has 0 atom stereocenters. The molecule has 0 aliphatic carbocycles. The molecule has 0 spiro atoms. The summed E-state index contributed by atoms with van der Waals surface area (Å²) >= 11 is 0. The number of anilines is 2. The molecular weight excluding hydrogens is 278 g/mol. The standard InChI is InChI=1S/C17H13N3O2/c1-9-6-7-10-13(8-9)19-17(21)14(10)16-15(20-22)11-4-2-3-5-12(11)18-16/h2-8,18,22H,1H3,(H,19,21)/b16-14-,20-15+. The van der Waals surface area contributed by atoms with Crippen LogP contribution in [0.3, 0.4) is 0 Å².